The topological polar surface area (TPSA) is 42.4 Å². The van der Waals surface area contributed by atoms with Gasteiger partial charge >= 0.3 is 0 Å². The Hall–Kier alpha value is -1.94. The highest BCUT2D eigenvalue weighted by atomic mass is 19.1. The minimum Gasteiger partial charge on any atom is -0.490 e. The molecule has 4 heteroatoms. The van der Waals surface area contributed by atoms with E-state index in [0.29, 0.717) is 18.6 Å². The summed E-state index contributed by atoms with van der Waals surface area (Å²) in [6.45, 7) is 0.125. The number of nitrogens with zero attached hydrogens (tertiary/aromatic N) is 1. The first kappa shape index (κ1) is 12.5. The number of halogens is 1. The van der Waals surface area contributed by atoms with Gasteiger partial charge in [0.05, 0.1) is 13.2 Å². The van der Waals surface area contributed by atoms with Crippen LogP contribution in [0.25, 0.3) is 0 Å². The number of benzene rings is 1. The first-order valence-electron chi connectivity index (χ1n) is 5.71. The molecule has 0 bridgehead atoms. The van der Waals surface area contributed by atoms with Gasteiger partial charge in [-0.2, -0.15) is 0 Å². The quantitative estimate of drug-likeness (QED) is 0.881. The Balaban J connectivity index is 1.98. The van der Waals surface area contributed by atoms with E-state index in [2.05, 4.69) is 4.98 Å². The van der Waals surface area contributed by atoms with Gasteiger partial charge in [-0.25, -0.2) is 4.39 Å². The van der Waals surface area contributed by atoms with Gasteiger partial charge in [-0.3, -0.25) is 4.98 Å². The number of rotatable bonds is 5. The molecule has 0 atom stereocenters. The molecule has 18 heavy (non-hydrogen) atoms. The summed E-state index contributed by atoms with van der Waals surface area (Å²) in [4.78, 5) is 3.92. The Morgan fingerprint density at radius 1 is 1.17 bits per heavy atom. The van der Waals surface area contributed by atoms with Crippen molar-refractivity contribution in [2.45, 2.75) is 13.0 Å². The summed E-state index contributed by atoms with van der Waals surface area (Å²) in [5.41, 5.74) is 1.54. The van der Waals surface area contributed by atoms with Gasteiger partial charge in [0.1, 0.15) is 0 Å². The highest BCUT2D eigenvalue weighted by Gasteiger charge is 2.08. The minimum atomic E-state index is -0.448. The van der Waals surface area contributed by atoms with Gasteiger partial charge in [0.2, 0.25) is 0 Å². The molecule has 3 nitrogen and oxygen atoms in total. The Kier molecular flexibility index (Phi) is 4.25. The van der Waals surface area contributed by atoms with Crippen LogP contribution in [0.1, 0.15) is 11.1 Å². The van der Waals surface area contributed by atoms with E-state index in [4.69, 9.17) is 9.84 Å². The van der Waals surface area contributed by atoms with Crippen molar-refractivity contribution in [1.82, 2.24) is 4.98 Å². The summed E-state index contributed by atoms with van der Waals surface area (Å²) in [6, 6.07) is 8.29. The summed E-state index contributed by atoms with van der Waals surface area (Å²) in [7, 11) is 0. The zero-order chi connectivity index (χ0) is 12.8. The SMILES string of the molecule is OCc1cccc(F)c1OCCc1ccncc1. The van der Waals surface area contributed by atoms with Crippen LogP contribution in [0.5, 0.6) is 5.75 Å². The van der Waals surface area contributed by atoms with Crippen molar-refractivity contribution in [3.05, 3.63) is 59.7 Å². The van der Waals surface area contributed by atoms with Crippen LogP contribution < -0.4 is 4.74 Å². The van der Waals surface area contributed by atoms with E-state index in [1.165, 1.54) is 6.07 Å². The normalized spacial score (nSPS) is 10.3. The van der Waals surface area contributed by atoms with Crippen molar-refractivity contribution in [3.63, 3.8) is 0 Å². The summed E-state index contributed by atoms with van der Waals surface area (Å²) in [5.74, 6) is -0.315. The maximum Gasteiger partial charge on any atom is 0.165 e. The van der Waals surface area contributed by atoms with Crippen molar-refractivity contribution in [3.8, 4) is 5.75 Å². The molecule has 0 fully saturated rings. The summed E-state index contributed by atoms with van der Waals surface area (Å²) in [5, 5.41) is 9.10. The van der Waals surface area contributed by atoms with Gasteiger partial charge in [0.15, 0.2) is 11.6 Å². The molecule has 94 valence electrons. The first-order chi connectivity index (χ1) is 8.81. The molecule has 2 rings (SSSR count). The van der Waals surface area contributed by atoms with E-state index in [1.807, 2.05) is 12.1 Å². The van der Waals surface area contributed by atoms with Crippen molar-refractivity contribution in [1.29, 1.82) is 0 Å². The molecule has 1 N–H and O–H groups in total. The molecule has 0 unspecified atom stereocenters. The molecule has 0 aliphatic heterocycles. The second-order valence-electron chi connectivity index (χ2n) is 3.84. The van der Waals surface area contributed by atoms with E-state index in [1.54, 1.807) is 24.5 Å². The van der Waals surface area contributed by atoms with Crippen LogP contribution in [0.4, 0.5) is 4.39 Å². The lowest BCUT2D eigenvalue weighted by Gasteiger charge is -2.10. The fourth-order valence-corrected chi connectivity index (χ4v) is 1.66. The maximum atomic E-state index is 13.5. The van der Waals surface area contributed by atoms with Crippen molar-refractivity contribution >= 4 is 0 Å². The van der Waals surface area contributed by atoms with Crippen LogP contribution in [-0.2, 0) is 13.0 Å². The molecular weight excluding hydrogens is 233 g/mol. The van der Waals surface area contributed by atoms with Crippen LogP contribution in [0.3, 0.4) is 0 Å². The minimum absolute atomic E-state index is 0.133. The third kappa shape index (κ3) is 3.05. The molecule has 1 aromatic heterocycles. The molecule has 0 spiro atoms. The zero-order valence-corrected chi connectivity index (χ0v) is 9.84. The third-order valence-corrected chi connectivity index (χ3v) is 2.61. The Labute approximate surface area is 105 Å². The van der Waals surface area contributed by atoms with Crippen LogP contribution in [-0.4, -0.2) is 16.7 Å². The number of hydrogen-bond acceptors (Lipinski definition) is 3. The monoisotopic (exact) mass is 247 g/mol. The standard InChI is InChI=1S/C14H14FNO2/c15-13-3-1-2-12(10-17)14(13)18-9-6-11-4-7-16-8-5-11/h1-5,7-8,17H,6,9-10H2. The molecule has 0 saturated carbocycles. The molecule has 0 amide bonds. The van der Waals surface area contributed by atoms with Crippen LogP contribution in [0, 0.1) is 5.82 Å². The second-order valence-corrected chi connectivity index (χ2v) is 3.84. The lowest BCUT2D eigenvalue weighted by molar-refractivity contribution is 0.257. The van der Waals surface area contributed by atoms with E-state index in [9.17, 15) is 4.39 Å². The van der Waals surface area contributed by atoms with Gasteiger partial charge in [0, 0.05) is 24.4 Å². The zero-order valence-electron chi connectivity index (χ0n) is 9.84. The molecule has 1 aromatic carbocycles. The van der Waals surface area contributed by atoms with E-state index in [-0.39, 0.29) is 12.4 Å². The number of hydrogen-bond donors (Lipinski definition) is 1. The van der Waals surface area contributed by atoms with Crippen LogP contribution in [0.2, 0.25) is 0 Å². The van der Waals surface area contributed by atoms with Crippen LogP contribution >= 0.6 is 0 Å². The second kappa shape index (κ2) is 6.12. The largest absolute Gasteiger partial charge is 0.490 e. The number of aliphatic hydroxyl groups excluding tert-OH is 1. The molecule has 1 heterocycles. The maximum absolute atomic E-state index is 13.5. The smallest absolute Gasteiger partial charge is 0.165 e. The van der Waals surface area contributed by atoms with E-state index < -0.39 is 5.82 Å². The Morgan fingerprint density at radius 2 is 1.94 bits per heavy atom. The molecule has 0 saturated heterocycles. The Morgan fingerprint density at radius 3 is 2.67 bits per heavy atom. The summed E-state index contributed by atoms with van der Waals surface area (Å²) < 4.78 is 18.9. The van der Waals surface area contributed by atoms with Gasteiger partial charge < -0.3 is 9.84 Å². The van der Waals surface area contributed by atoms with Gasteiger partial charge in [0.25, 0.3) is 0 Å². The van der Waals surface area contributed by atoms with Gasteiger partial charge in [-0.1, -0.05) is 12.1 Å². The fraction of sp³-hybridized carbons (Fsp3) is 0.214. The fourth-order valence-electron chi connectivity index (χ4n) is 1.66. The number of ether oxygens (including phenoxy) is 1. The van der Waals surface area contributed by atoms with Gasteiger partial charge in [-0.15, -0.1) is 0 Å². The van der Waals surface area contributed by atoms with E-state index in [0.717, 1.165) is 5.56 Å². The average Bonchev–Trinajstić information content (AvgIpc) is 2.41. The molecule has 2 aromatic rings. The predicted molar refractivity (Wildman–Crippen MR) is 65.8 cm³/mol. The predicted octanol–water partition coefficient (Wildman–Crippen LogP) is 2.33. The summed E-state index contributed by atoms with van der Waals surface area (Å²) in [6.07, 6.45) is 4.08. The Bertz CT molecular complexity index is 502. The van der Waals surface area contributed by atoms with Gasteiger partial charge in [-0.05, 0) is 23.8 Å². The molecule has 0 aliphatic carbocycles. The number of aliphatic hydroxyl groups is 1. The molecule has 0 aliphatic rings. The van der Waals surface area contributed by atoms with Crippen LogP contribution in [0.15, 0.2) is 42.7 Å². The number of para-hydroxylation sites is 1. The summed E-state index contributed by atoms with van der Waals surface area (Å²) >= 11 is 0. The number of pyridine rings is 1. The van der Waals surface area contributed by atoms with E-state index >= 15 is 0 Å². The van der Waals surface area contributed by atoms with Crippen molar-refractivity contribution in [2.75, 3.05) is 6.61 Å². The third-order valence-electron chi connectivity index (χ3n) is 2.61. The highest BCUT2D eigenvalue weighted by molar-refractivity contribution is 5.34. The lowest BCUT2D eigenvalue weighted by atomic mass is 10.2. The molecular formula is C14H14FNO2. The van der Waals surface area contributed by atoms with Crippen molar-refractivity contribution < 1.29 is 14.2 Å². The molecule has 0 radical (unpaired) electrons. The number of aromatic nitrogens is 1. The first-order valence-corrected chi connectivity index (χ1v) is 5.71. The highest BCUT2D eigenvalue weighted by Crippen LogP contribution is 2.22. The lowest BCUT2D eigenvalue weighted by Crippen LogP contribution is -2.05. The average molecular weight is 247 g/mol. The van der Waals surface area contributed by atoms with Crippen molar-refractivity contribution in [2.24, 2.45) is 0 Å².